The molecule has 0 saturated carbocycles. The summed E-state index contributed by atoms with van der Waals surface area (Å²) >= 11 is 0. The molecule has 5 rings (SSSR count). The average Bonchev–Trinajstić information content (AvgIpc) is 3.81. The number of allylic oxidation sites excluding steroid dienone is 11. The number of hydrogen-bond acceptors (Lipinski definition) is 13. The molecule has 0 saturated heterocycles. The highest BCUT2D eigenvalue weighted by atomic mass is 16.5. The highest BCUT2D eigenvalue weighted by Gasteiger charge is 2.39. The van der Waals surface area contributed by atoms with E-state index in [4.69, 9.17) is 20.1 Å². The minimum Gasteiger partial charge on any atom is -0.481 e. The van der Waals surface area contributed by atoms with Gasteiger partial charge < -0.3 is 41.5 Å². The number of carbonyl (C=O) groups excluding carboxylic acids is 1. The van der Waals surface area contributed by atoms with Crippen LogP contribution in [0.3, 0.4) is 0 Å². The summed E-state index contributed by atoms with van der Waals surface area (Å²) in [5.41, 5.74) is 8.93. The molecule has 0 aromatic heterocycles. The predicted octanol–water partition coefficient (Wildman–Crippen LogP) is 3.26. The molecule has 3 atom stereocenters. The third-order valence-electron chi connectivity index (χ3n) is 10.6. The standard InChI is InChI=1S/C42H47N7O11/c1-6-23-20(2)28-15-33-26(11-13-44-60)42(5,59)36(48-33)17-29-21(3)24(8-7-12-43-34(40(55)56)18-38(51)52)31(47-29)16-32-25(22(4)27(46-32)14-30(23)45-28)9-10-37(50)49-35(41(57)58)19-39(53)54/h6,11,13-17,34-35,43-44,48,59-60H,1,7-10,12,18-19H2,2-5H3,(H,49,50)(H,51,52)(H,53,54)(H,55,56)(H,57,58)/b13-11+,27-14?,28-15?,31-16?,36-17?. The molecule has 0 aromatic rings. The van der Waals surface area contributed by atoms with E-state index in [9.17, 15) is 49.6 Å². The van der Waals surface area contributed by atoms with Crippen molar-refractivity contribution in [1.82, 2.24) is 21.4 Å². The van der Waals surface area contributed by atoms with Crippen molar-refractivity contribution in [2.45, 2.75) is 83.9 Å². The fourth-order valence-electron chi connectivity index (χ4n) is 7.30. The molecular formula is C42H47N7O11. The van der Waals surface area contributed by atoms with E-state index >= 15 is 0 Å². The Morgan fingerprint density at radius 3 is 2.05 bits per heavy atom. The number of hydrogen-bond donors (Lipinski definition) is 10. The van der Waals surface area contributed by atoms with Crippen LogP contribution in [-0.4, -0.2) is 102 Å². The first-order chi connectivity index (χ1) is 28.4. The van der Waals surface area contributed by atoms with Crippen molar-refractivity contribution in [3.05, 3.63) is 117 Å². The average molecular weight is 826 g/mol. The van der Waals surface area contributed by atoms with Crippen LogP contribution in [0.2, 0.25) is 0 Å². The summed E-state index contributed by atoms with van der Waals surface area (Å²) in [5.74, 6) is -6.11. The lowest BCUT2D eigenvalue weighted by Crippen LogP contribution is -2.42. The van der Waals surface area contributed by atoms with Gasteiger partial charge in [-0.2, -0.15) is 0 Å². The molecule has 5 aliphatic rings. The van der Waals surface area contributed by atoms with Crippen LogP contribution >= 0.6 is 0 Å². The highest BCUT2D eigenvalue weighted by molar-refractivity contribution is 6.18. The zero-order chi connectivity index (χ0) is 44.1. The second-order valence-corrected chi connectivity index (χ2v) is 14.7. The van der Waals surface area contributed by atoms with E-state index < -0.39 is 60.3 Å². The molecule has 8 bridgehead atoms. The van der Waals surface area contributed by atoms with Crippen LogP contribution in [0.1, 0.15) is 66.2 Å². The van der Waals surface area contributed by atoms with Crippen molar-refractivity contribution in [2.24, 2.45) is 15.0 Å². The minimum atomic E-state index is -1.63. The summed E-state index contributed by atoms with van der Waals surface area (Å²) in [6, 6.07) is -2.93. The number of nitrogens with zero attached hydrogens (tertiary/aromatic N) is 3. The van der Waals surface area contributed by atoms with E-state index in [-0.39, 0.29) is 19.4 Å². The molecule has 0 radical (unpaired) electrons. The predicted molar refractivity (Wildman–Crippen MR) is 220 cm³/mol. The normalized spacial score (nSPS) is 20.8. The molecule has 18 nitrogen and oxygen atoms in total. The highest BCUT2D eigenvalue weighted by Crippen LogP contribution is 2.40. The van der Waals surface area contributed by atoms with E-state index in [2.05, 4.69) is 22.5 Å². The number of hydroxylamine groups is 1. The molecule has 5 aliphatic heterocycles. The molecular weight excluding hydrogens is 778 g/mol. The summed E-state index contributed by atoms with van der Waals surface area (Å²) in [6.07, 6.45) is 10.7. The van der Waals surface area contributed by atoms with Crippen LogP contribution in [0.15, 0.2) is 132 Å². The molecule has 10 N–H and O–H groups in total. The molecule has 5 heterocycles. The molecule has 0 spiro atoms. The Balaban J connectivity index is 1.64. The zero-order valence-corrected chi connectivity index (χ0v) is 33.4. The molecule has 1 amide bonds. The van der Waals surface area contributed by atoms with Gasteiger partial charge >= 0.3 is 23.9 Å². The Kier molecular flexibility index (Phi) is 13.6. The molecule has 0 aromatic carbocycles. The van der Waals surface area contributed by atoms with Gasteiger partial charge in [-0.25, -0.2) is 19.8 Å². The van der Waals surface area contributed by atoms with Gasteiger partial charge in [-0.3, -0.25) is 29.9 Å². The Bertz CT molecular complexity index is 2330. The zero-order valence-electron chi connectivity index (χ0n) is 33.4. The monoisotopic (exact) mass is 825 g/mol. The summed E-state index contributed by atoms with van der Waals surface area (Å²) in [4.78, 5) is 73.8. The van der Waals surface area contributed by atoms with Gasteiger partial charge in [0.2, 0.25) is 5.91 Å². The largest absolute Gasteiger partial charge is 0.481 e. The molecule has 60 heavy (non-hydrogen) atoms. The number of carbonyl (C=O) groups is 5. The van der Waals surface area contributed by atoms with Gasteiger partial charge in [0.15, 0.2) is 0 Å². The van der Waals surface area contributed by atoms with Crippen LogP contribution in [0, 0.1) is 0 Å². The maximum Gasteiger partial charge on any atom is 0.326 e. The van der Waals surface area contributed by atoms with Crippen LogP contribution in [0.5, 0.6) is 0 Å². The number of carboxylic acid groups (broad SMARTS) is 4. The van der Waals surface area contributed by atoms with Gasteiger partial charge in [0.25, 0.3) is 0 Å². The van der Waals surface area contributed by atoms with Crippen molar-refractivity contribution in [1.29, 1.82) is 0 Å². The second kappa shape index (κ2) is 18.4. The van der Waals surface area contributed by atoms with Crippen LogP contribution < -0.4 is 21.4 Å². The van der Waals surface area contributed by atoms with E-state index in [0.29, 0.717) is 75.2 Å². The Labute approximate surface area is 344 Å². The van der Waals surface area contributed by atoms with Crippen molar-refractivity contribution < 1.29 is 54.7 Å². The molecule has 0 fully saturated rings. The number of fused-ring (bicyclic) bond motifs is 5. The summed E-state index contributed by atoms with van der Waals surface area (Å²) < 4.78 is 0. The second-order valence-electron chi connectivity index (χ2n) is 14.7. The van der Waals surface area contributed by atoms with E-state index in [1.165, 1.54) is 12.3 Å². The fourth-order valence-corrected chi connectivity index (χ4v) is 7.30. The molecule has 0 aliphatic carbocycles. The topological polar surface area (TPSA) is 292 Å². The third-order valence-corrected chi connectivity index (χ3v) is 10.6. The third kappa shape index (κ3) is 9.74. The minimum absolute atomic E-state index is 0.0838. The first-order valence-corrected chi connectivity index (χ1v) is 19.0. The lowest BCUT2D eigenvalue weighted by molar-refractivity contribution is -0.147. The number of aliphatic hydroxyl groups is 1. The Morgan fingerprint density at radius 1 is 0.800 bits per heavy atom. The summed E-state index contributed by atoms with van der Waals surface area (Å²) in [5, 5.41) is 67.1. The van der Waals surface area contributed by atoms with Gasteiger partial charge in [-0.05, 0) is 112 Å². The maximum absolute atomic E-state index is 13.0. The van der Waals surface area contributed by atoms with Gasteiger partial charge in [0, 0.05) is 29.5 Å². The van der Waals surface area contributed by atoms with Crippen LogP contribution in [0.4, 0.5) is 0 Å². The smallest absolute Gasteiger partial charge is 0.326 e. The van der Waals surface area contributed by atoms with E-state index in [1.54, 1.807) is 37.3 Å². The SMILES string of the molecule is C=CC1=C(C)C2=CC3=C(/C=C/NO)C(C)(O)C(=CC4=NC(=CC5=NC(=CC1=N2)C(C)=C5CCC(=O)NC(CC(=O)O)C(=O)O)C(CCCNC(CC(=O)O)C(=O)O)=C4C)N3. The van der Waals surface area contributed by atoms with E-state index in [0.717, 1.165) is 22.3 Å². The van der Waals surface area contributed by atoms with Gasteiger partial charge in [0.1, 0.15) is 17.7 Å². The van der Waals surface area contributed by atoms with Crippen molar-refractivity contribution in [2.75, 3.05) is 6.54 Å². The number of aliphatic carboxylic acids is 4. The fraction of sp³-hybridized carbons (Fsp3) is 0.333. The Hall–Kier alpha value is -6.76. The Morgan fingerprint density at radius 2 is 1.42 bits per heavy atom. The first kappa shape index (κ1) is 44.3. The number of rotatable bonds is 18. The van der Waals surface area contributed by atoms with E-state index in [1.807, 2.05) is 26.3 Å². The number of aliphatic imine (C=N–C) groups is 3. The lowest BCUT2D eigenvalue weighted by Gasteiger charge is -2.20. The molecule has 316 valence electrons. The lowest BCUT2D eigenvalue weighted by atomic mass is 9.92. The quantitative estimate of drug-likeness (QED) is 0.0702. The van der Waals surface area contributed by atoms with Crippen LogP contribution in [-0.2, 0) is 24.0 Å². The molecule has 18 heteroatoms. The first-order valence-electron chi connectivity index (χ1n) is 19.0. The van der Waals surface area contributed by atoms with Crippen LogP contribution in [0.25, 0.3) is 0 Å². The number of carboxylic acids is 4. The number of amides is 1. The van der Waals surface area contributed by atoms with Gasteiger partial charge in [-0.15, -0.1) is 0 Å². The number of nitrogens with one attached hydrogen (secondary N) is 4. The van der Waals surface area contributed by atoms with Crippen molar-refractivity contribution in [3.63, 3.8) is 0 Å². The maximum atomic E-state index is 13.0. The molecule has 3 unspecified atom stereocenters. The summed E-state index contributed by atoms with van der Waals surface area (Å²) in [6.45, 7) is 11.3. The van der Waals surface area contributed by atoms with Crippen molar-refractivity contribution >= 4 is 46.9 Å². The van der Waals surface area contributed by atoms with Gasteiger partial charge in [-0.1, -0.05) is 12.7 Å². The van der Waals surface area contributed by atoms with Gasteiger partial charge in [0.05, 0.1) is 52.8 Å². The van der Waals surface area contributed by atoms with Crippen molar-refractivity contribution in [3.8, 4) is 0 Å². The summed E-state index contributed by atoms with van der Waals surface area (Å²) in [7, 11) is 0.